The van der Waals surface area contributed by atoms with Gasteiger partial charge < -0.3 is 20.3 Å². The minimum Gasteiger partial charge on any atom is -0.481 e. The third-order valence-corrected chi connectivity index (χ3v) is 4.30. The van der Waals surface area contributed by atoms with Crippen molar-refractivity contribution in [1.29, 1.82) is 0 Å². The van der Waals surface area contributed by atoms with Gasteiger partial charge in [-0.15, -0.1) is 0 Å². The summed E-state index contributed by atoms with van der Waals surface area (Å²) >= 11 is 0. The number of aliphatic carboxylic acids is 1. The van der Waals surface area contributed by atoms with Crippen molar-refractivity contribution in [3.05, 3.63) is 73.4 Å². The van der Waals surface area contributed by atoms with Gasteiger partial charge in [0.2, 0.25) is 5.91 Å². The average molecular weight is 418 g/mol. The summed E-state index contributed by atoms with van der Waals surface area (Å²) in [4.78, 5) is 22.9. The molecule has 0 aromatic heterocycles. The molecule has 0 rings (SSSR count). The Morgan fingerprint density at radius 3 is 2.37 bits per heavy atom. The van der Waals surface area contributed by atoms with Crippen molar-refractivity contribution in [2.75, 3.05) is 6.61 Å². The van der Waals surface area contributed by atoms with Crippen molar-refractivity contribution in [2.24, 2.45) is 5.92 Å². The van der Waals surface area contributed by atoms with E-state index in [1.165, 1.54) is 0 Å². The Hall–Kier alpha value is -2.70. The van der Waals surface area contributed by atoms with E-state index in [4.69, 9.17) is 9.84 Å². The van der Waals surface area contributed by atoms with Gasteiger partial charge in [0.1, 0.15) is 0 Å². The summed E-state index contributed by atoms with van der Waals surface area (Å²) in [5.74, 6) is -1.59. The van der Waals surface area contributed by atoms with Crippen LogP contribution in [0.1, 0.15) is 39.5 Å². The highest BCUT2D eigenvalue weighted by Crippen LogP contribution is 2.18. The van der Waals surface area contributed by atoms with Gasteiger partial charge in [-0.3, -0.25) is 9.59 Å². The highest BCUT2D eigenvalue weighted by molar-refractivity contribution is 5.80. The molecule has 1 unspecified atom stereocenters. The van der Waals surface area contributed by atoms with E-state index >= 15 is 0 Å². The van der Waals surface area contributed by atoms with E-state index in [9.17, 15) is 14.7 Å². The number of hydrogen-bond acceptors (Lipinski definition) is 4. The van der Waals surface area contributed by atoms with Crippen LogP contribution in [0.2, 0.25) is 0 Å². The molecule has 0 saturated heterocycles. The van der Waals surface area contributed by atoms with Crippen LogP contribution in [0.5, 0.6) is 0 Å². The van der Waals surface area contributed by atoms with Gasteiger partial charge in [0.15, 0.2) is 6.29 Å². The monoisotopic (exact) mass is 417 g/mol. The zero-order valence-corrected chi connectivity index (χ0v) is 18.0. The Bertz CT molecular complexity index is 675. The number of aliphatic hydroxyl groups is 1. The number of carbonyl (C=O) groups is 2. The third-order valence-electron chi connectivity index (χ3n) is 4.30. The first-order chi connectivity index (χ1) is 14.3. The normalized spacial score (nSPS) is 15.3. The minimum atomic E-state index is -1.02. The van der Waals surface area contributed by atoms with Gasteiger partial charge in [-0.2, -0.15) is 0 Å². The van der Waals surface area contributed by atoms with Gasteiger partial charge in [0.05, 0.1) is 6.42 Å². The van der Waals surface area contributed by atoms with Crippen LogP contribution in [0.15, 0.2) is 73.4 Å². The van der Waals surface area contributed by atoms with Crippen molar-refractivity contribution >= 4 is 11.9 Å². The summed E-state index contributed by atoms with van der Waals surface area (Å²) in [7, 11) is 0. The molecule has 0 aromatic rings. The largest absolute Gasteiger partial charge is 0.481 e. The molecule has 6 nitrogen and oxygen atoms in total. The van der Waals surface area contributed by atoms with E-state index in [1.807, 2.05) is 31.2 Å². The molecule has 3 atom stereocenters. The second-order valence-electron chi connectivity index (χ2n) is 6.83. The smallest absolute Gasteiger partial charge is 0.303 e. The second-order valence-corrected chi connectivity index (χ2v) is 6.83. The SMILES string of the molecule is C=C/C=C(C=C)/C=C/C=C(\C=C)C[C@H](C[C@@H](C)C(O)OCC)NC(=O)CCC(=O)O. The summed E-state index contributed by atoms with van der Waals surface area (Å²) in [5, 5.41) is 21.7. The van der Waals surface area contributed by atoms with Gasteiger partial charge in [-0.25, -0.2) is 0 Å². The summed E-state index contributed by atoms with van der Waals surface area (Å²) in [6.07, 6.45) is 12.2. The van der Waals surface area contributed by atoms with Crippen molar-refractivity contribution in [2.45, 2.75) is 51.9 Å². The maximum absolute atomic E-state index is 12.2. The van der Waals surface area contributed by atoms with Crippen molar-refractivity contribution in [3.8, 4) is 0 Å². The van der Waals surface area contributed by atoms with Crippen LogP contribution < -0.4 is 5.32 Å². The molecule has 166 valence electrons. The van der Waals surface area contributed by atoms with Gasteiger partial charge in [-0.1, -0.05) is 69.2 Å². The fraction of sp³-hybridized carbons (Fsp3) is 0.417. The predicted molar refractivity (Wildman–Crippen MR) is 121 cm³/mol. The number of ether oxygens (including phenoxy) is 1. The van der Waals surface area contributed by atoms with E-state index in [0.29, 0.717) is 19.4 Å². The summed E-state index contributed by atoms with van der Waals surface area (Å²) in [6.45, 7) is 15.2. The molecule has 0 aliphatic heterocycles. The summed E-state index contributed by atoms with van der Waals surface area (Å²) < 4.78 is 5.24. The van der Waals surface area contributed by atoms with Gasteiger partial charge in [0, 0.05) is 25.0 Å². The molecule has 0 bridgehead atoms. The Morgan fingerprint density at radius 2 is 1.83 bits per heavy atom. The second kappa shape index (κ2) is 16.1. The van der Waals surface area contributed by atoms with Gasteiger partial charge in [-0.05, 0) is 30.9 Å². The molecule has 6 heteroatoms. The number of aliphatic hydroxyl groups excluding tert-OH is 1. The van der Waals surface area contributed by atoms with Crippen molar-refractivity contribution in [1.82, 2.24) is 5.32 Å². The highest BCUT2D eigenvalue weighted by atomic mass is 16.6. The average Bonchev–Trinajstić information content (AvgIpc) is 2.70. The molecule has 1 amide bonds. The first-order valence-electron chi connectivity index (χ1n) is 10.0. The molecular weight excluding hydrogens is 382 g/mol. The molecule has 0 aliphatic carbocycles. The number of carboxylic acid groups (broad SMARTS) is 1. The number of carbonyl (C=O) groups excluding carboxylic acids is 1. The standard InChI is InChI=1S/C24H35NO5/c1-6-11-19(7-2)12-10-13-20(8-3)17-21(16-18(5)24(29)30-9-4)25-22(26)14-15-23(27)28/h6-8,10-13,18,21,24,29H,1-3,9,14-17H2,4-5H3,(H,25,26)(H,27,28)/b12-10+,19-11+,20-13+/t18-,21+,24?/m1/s1. The van der Waals surface area contributed by atoms with Crippen LogP contribution in [0, 0.1) is 5.92 Å². The molecule has 0 radical (unpaired) electrons. The van der Waals surface area contributed by atoms with Crippen LogP contribution >= 0.6 is 0 Å². The van der Waals surface area contributed by atoms with E-state index in [2.05, 4.69) is 25.1 Å². The molecule has 0 spiro atoms. The molecular formula is C24H35NO5. The van der Waals surface area contributed by atoms with E-state index in [1.54, 1.807) is 25.2 Å². The maximum Gasteiger partial charge on any atom is 0.303 e. The third kappa shape index (κ3) is 12.7. The van der Waals surface area contributed by atoms with Crippen molar-refractivity contribution in [3.63, 3.8) is 0 Å². The zero-order chi connectivity index (χ0) is 22.9. The predicted octanol–water partition coefficient (Wildman–Crippen LogP) is 4.07. The summed E-state index contributed by atoms with van der Waals surface area (Å²) in [6, 6.07) is -0.309. The number of allylic oxidation sites excluding steroid dienone is 8. The van der Waals surface area contributed by atoms with E-state index in [0.717, 1.165) is 11.1 Å². The van der Waals surface area contributed by atoms with Crippen LogP contribution in [0.4, 0.5) is 0 Å². The van der Waals surface area contributed by atoms with Crippen LogP contribution in [-0.4, -0.2) is 41.0 Å². The molecule has 0 saturated carbocycles. The van der Waals surface area contributed by atoms with E-state index < -0.39 is 12.3 Å². The minimum absolute atomic E-state index is 0.101. The van der Waals surface area contributed by atoms with Crippen LogP contribution in [-0.2, 0) is 14.3 Å². The Morgan fingerprint density at radius 1 is 1.13 bits per heavy atom. The summed E-state index contributed by atoms with van der Waals surface area (Å²) in [5.41, 5.74) is 1.78. The lowest BCUT2D eigenvalue weighted by molar-refractivity contribution is -0.139. The molecule has 0 aliphatic rings. The van der Waals surface area contributed by atoms with Crippen LogP contribution in [0.3, 0.4) is 0 Å². The Balaban J connectivity index is 5.33. The number of rotatable bonds is 16. The molecule has 0 heterocycles. The maximum atomic E-state index is 12.2. The molecule has 0 aromatic carbocycles. The lowest BCUT2D eigenvalue weighted by atomic mass is 9.95. The quantitative estimate of drug-likeness (QED) is 0.260. The Labute approximate surface area is 180 Å². The van der Waals surface area contributed by atoms with E-state index in [-0.39, 0.29) is 30.7 Å². The highest BCUT2D eigenvalue weighted by Gasteiger charge is 2.22. The lowest BCUT2D eigenvalue weighted by Crippen LogP contribution is -2.38. The molecule has 0 fully saturated rings. The van der Waals surface area contributed by atoms with Crippen molar-refractivity contribution < 1.29 is 24.5 Å². The zero-order valence-electron chi connectivity index (χ0n) is 18.0. The van der Waals surface area contributed by atoms with Crippen LogP contribution in [0.25, 0.3) is 0 Å². The number of amides is 1. The molecule has 30 heavy (non-hydrogen) atoms. The molecule has 3 N–H and O–H groups in total. The fourth-order valence-electron chi connectivity index (χ4n) is 2.73. The number of hydrogen-bond donors (Lipinski definition) is 3. The number of nitrogens with one attached hydrogen (secondary N) is 1. The number of carboxylic acids is 1. The Kier molecular flexibility index (Phi) is 14.7. The topological polar surface area (TPSA) is 95.9 Å². The van der Waals surface area contributed by atoms with Gasteiger partial charge >= 0.3 is 5.97 Å². The fourth-order valence-corrected chi connectivity index (χ4v) is 2.73. The first-order valence-corrected chi connectivity index (χ1v) is 10.0. The first kappa shape index (κ1) is 27.3. The van der Waals surface area contributed by atoms with Gasteiger partial charge in [0.25, 0.3) is 0 Å². The lowest BCUT2D eigenvalue weighted by Gasteiger charge is -2.25.